The molecule has 1 amide bonds. The third kappa shape index (κ3) is 4.37. The Morgan fingerprint density at radius 2 is 1.67 bits per heavy atom. The third-order valence-electron chi connectivity index (χ3n) is 5.61. The number of halogens is 3. The van der Waals surface area contributed by atoms with Crippen LogP contribution in [0.1, 0.15) is 31.4 Å². The summed E-state index contributed by atoms with van der Waals surface area (Å²) in [5.41, 5.74) is 0.462. The van der Waals surface area contributed by atoms with Gasteiger partial charge in [-0.3, -0.25) is 4.79 Å². The lowest BCUT2D eigenvalue weighted by Crippen LogP contribution is -2.44. The molecule has 162 valence electrons. The molecular weight excluding hydrogens is 417 g/mol. The van der Waals surface area contributed by atoms with Gasteiger partial charge >= 0.3 is 0 Å². The van der Waals surface area contributed by atoms with Gasteiger partial charge in [0.05, 0.1) is 6.04 Å². The second-order valence-electron chi connectivity index (χ2n) is 7.41. The minimum Gasteiger partial charge on any atom is -0.339 e. The molecule has 1 unspecified atom stereocenters. The molecule has 9 heteroatoms. The predicted molar refractivity (Wildman–Crippen MR) is 105 cm³/mol. The van der Waals surface area contributed by atoms with Gasteiger partial charge in [-0.05, 0) is 49.6 Å². The Kier molecular flexibility index (Phi) is 6.52. The number of hydrogen-bond acceptors (Lipinski definition) is 3. The van der Waals surface area contributed by atoms with Gasteiger partial charge in [-0.1, -0.05) is 18.2 Å². The molecule has 2 aromatic rings. The van der Waals surface area contributed by atoms with E-state index in [4.69, 9.17) is 0 Å². The summed E-state index contributed by atoms with van der Waals surface area (Å²) in [6.07, 6.45) is 0.586. The van der Waals surface area contributed by atoms with Gasteiger partial charge in [-0.25, -0.2) is 21.6 Å². The van der Waals surface area contributed by atoms with Gasteiger partial charge in [0.2, 0.25) is 15.9 Å². The summed E-state index contributed by atoms with van der Waals surface area (Å²) < 4.78 is 67.2. The first kappa shape index (κ1) is 22.3. The highest BCUT2D eigenvalue weighted by atomic mass is 32.2. The maximum Gasteiger partial charge on any atom is 0.245 e. The topological polar surface area (TPSA) is 57.7 Å². The molecule has 5 nitrogen and oxygen atoms in total. The Morgan fingerprint density at radius 1 is 1.03 bits per heavy atom. The minimum absolute atomic E-state index is 0.0977. The maximum atomic E-state index is 13.9. The molecule has 1 aliphatic heterocycles. The third-order valence-corrected chi connectivity index (χ3v) is 7.54. The van der Waals surface area contributed by atoms with E-state index in [1.165, 1.54) is 33.5 Å². The van der Waals surface area contributed by atoms with Gasteiger partial charge in [0, 0.05) is 26.1 Å². The molecule has 0 aliphatic carbocycles. The second kappa shape index (κ2) is 8.77. The molecule has 3 rings (SSSR count). The normalized spacial score (nSPS) is 17.0. The number of carbonyl (C=O) groups excluding carboxylic acids is 1. The summed E-state index contributed by atoms with van der Waals surface area (Å²) >= 11 is 0. The van der Waals surface area contributed by atoms with Crippen molar-refractivity contribution in [2.75, 3.05) is 20.1 Å². The Hall–Kier alpha value is -2.39. The lowest BCUT2D eigenvalue weighted by atomic mass is 9.95. The molecule has 0 N–H and O–H groups in total. The first-order valence-electron chi connectivity index (χ1n) is 9.59. The van der Waals surface area contributed by atoms with Crippen LogP contribution in [0.2, 0.25) is 0 Å². The molecule has 0 aromatic heterocycles. The number of nitrogens with zero attached hydrogens (tertiary/aromatic N) is 2. The van der Waals surface area contributed by atoms with Gasteiger partial charge < -0.3 is 4.90 Å². The van der Waals surface area contributed by atoms with Crippen molar-refractivity contribution in [1.82, 2.24) is 9.21 Å². The van der Waals surface area contributed by atoms with E-state index in [9.17, 15) is 26.4 Å². The molecule has 1 atom stereocenters. The first-order chi connectivity index (χ1) is 14.1. The molecule has 1 saturated heterocycles. The number of carbonyl (C=O) groups is 1. The quantitative estimate of drug-likeness (QED) is 0.712. The zero-order valence-electron chi connectivity index (χ0n) is 16.7. The SMILES string of the molecule is CC(c1ccc(F)c(F)c1)N(C)C(=O)C1CCN(S(=O)(=O)c2ccccc2F)CC1. The van der Waals surface area contributed by atoms with Crippen LogP contribution in [0, 0.1) is 23.4 Å². The summed E-state index contributed by atoms with van der Waals surface area (Å²) in [4.78, 5) is 14.0. The number of hydrogen-bond donors (Lipinski definition) is 0. The van der Waals surface area contributed by atoms with Crippen molar-refractivity contribution in [3.63, 3.8) is 0 Å². The van der Waals surface area contributed by atoms with Crippen LogP contribution in [0.15, 0.2) is 47.4 Å². The summed E-state index contributed by atoms with van der Waals surface area (Å²) in [5.74, 6) is -3.35. The van der Waals surface area contributed by atoms with E-state index in [2.05, 4.69) is 0 Å². The van der Waals surface area contributed by atoms with E-state index in [0.29, 0.717) is 18.4 Å². The van der Waals surface area contributed by atoms with Gasteiger partial charge in [0.1, 0.15) is 10.7 Å². The Labute approximate surface area is 174 Å². The highest BCUT2D eigenvalue weighted by Gasteiger charge is 2.35. The van der Waals surface area contributed by atoms with Crippen molar-refractivity contribution < 1.29 is 26.4 Å². The molecule has 30 heavy (non-hydrogen) atoms. The van der Waals surface area contributed by atoms with Crippen LogP contribution in [0.3, 0.4) is 0 Å². The zero-order chi connectivity index (χ0) is 22.1. The van der Waals surface area contributed by atoms with Crippen LogP contribution < -0.4 is 0 Å². The predicted octanol–water partition coefficient (Wildman–Crippen LogP) is 3.72. The molecule has 2 aromatic carbocycles. The molecule has 0 radical (unpaired) electrons. The molecule has 0 saturated carbocycles. The number of piperidine rings is 1. The molecule has 1 aliphatic rings. The smallest absolute Gasteiger partial charge is 0.245 e. The van der Waals surface area contributed by atoms with Gasteiger partial charge in [0.15, 0.2) is 11.6 Å². The summed E-state index contributed by atoms with van der Waals surface area (Å²) in [6, 6.07) is 8.23. The van der Waals surface area contributed by atoms with Gasteiger partial charge in [-0.2, -0.15) is 4.31 Å². The average Bonchev–Trinajstić information content (AvgIpc) is 2.74. The van der Waals surface area contributed by atoms with Crippen molar-refractivity contribution in [3.05, 3.63) is 65.5 Å². The Morgan fingerprint density at radius 3 is 2.27 bits per heavy atom. The van der Waals surface area contributed by atoms with Crippen molar-refractivity contribution in [3.8, 4) is 0 Å². The van der Waals surface area contributed by atoms with Crippen molar-refractivity contribution in [2.45, 2.75) is 30.7 Å². The van der Waals surface area contributed by atoms with Crippen LogP contribution in [0.4, 0.5) is 13.2 Å². The minimum atomic E-state index is -3.97. The highest BCUT2D eigenvalue weighted by molar-refractivity contribution is 7.89. The molecule has 0 spiro atoms. The summed E-state index contributed by atoms with van der Waals surface area (Å²) in [6.45, 7) is 1.91. The number of sulfonamides is 1. The fourth-order valence-electron chi connectivity index (χ4n) is 3.61. The van der Waals surface area contributed by atoms with Crippen LogP contribution in [-0.2, 0) is 14.8 Å². The summed E-state index contributed by atoms with van der Waals surface area (Å²) in [7, 11) is -2.39. The van der Waals surface area contributed by atoms with Crippen LogP contribution in [0.5, 0.6) is 0 Å². The second-order valence-corrected chi connectivity index (χ2v) is 9.31. The molecular formula is C21H23F3N2O3S. The van der Waals surface area contributed by atoms with Crippen molar-refractivity contribution in [2.24, 2.45) is 5.92 Å². The number of rotatable bonds is 5. The molecule has 1 fully saturated rings. The van der Waals surface area contributed by atoms with Crippen LogP contribution >= 0.6 is 0 Å². The van der Waals surface area contributed by atoms with E-state index >= 15 is 0 Å². The fourth-order valence-corrected chi connectivity index (χ4v) is 5.15. The van der Waals surface area contributed by atoms with E-state index in [1.807, 2.05) is 0 Å². The average molecular weight is 440 g/mol. The monoisotopic (exact) mass is 440 g/mol. The lowest BCUT2D eigenvalue weighted by Gasteiger charge is -2.34. The Bertz CT molecular complexity index is 1040. The highest BCUT2D eigenvalue weighted by Crippen LogP contribution is 2.29. The van der Waals surface area contributed by atoms with Crippen LogP contribution in [-0.4, -0.2) is 43.7 Å². The van der Waals surface area contributed by atoms with Crippen LogP contribution in [0.25, 0.3) is 0 Å². The van der Waals surface area contributed by atoms with Crippen molar-refractivity contribution >= 4 is 15.9 Å². The van der Waals surface area contributed by atoms with Gasteiger partial charge in [-0.15, -0.1) is 0 Å². The largest absolute Gasteiger partial charge is 0.339 e. The molecule has 1 heterocycles. The first-order valence-corrected chi connectivity index (χ1v) is 11.0. The van der Waals surface area contributed by atoms with E-state index < -0.39 is 39.4 Å². The fraction of sp³-hybridized carbons (Fsp3) is 0.381. The number of benzene rings is 2. The lowest BCUT2D eigenvalue weighted by molar-refractivity contribution is -0.137. The maximum absolute atomic E-state index is 13.9. The van der Waals surface area contributed by atoms with Crippen molar-refractivity contribution in [1.29, 1.82) is 0 Å². The Balaban J connectivity index is 1.66. The summed E-state index contributed by atoms with van der Waals surface area (Å²) in [5, 5.41) is 0. The standard InChI is InChI=1S/C21H23F3N2O3S/c1-14(16-7-8-17(22)19(24)13-16)25(2)21(27)15-9-11-26(12-10-15)30(28,29)20-6-4-3-5-18(20)23/h3-8,13-15H,9-12H2,1-2H3. The van der Waals surface area contributed by atoms with E-state index in [-0.39, 0.29) is 23.9 Å². The zero-order valence-corrected chi connectivity index (χ0v) is 17.5. The molecule has 0 bridgehead atoms. The van der Waals surface area contributed by atoms with E-state index in [0.717, 1.165) is 18.2 Å². The van der Waals surface area contributed by atoms with Gasteiger partial charge in [0.25, 0.3) is 0 Å². The van der Waals surface area contributed by atoms with E-state index in [1.54, 1.807) is 14.0 Å². The number of amides is 1.